The average molecular weight is 378 g/mol. The van der Waals surface area contributed by atoms with Crippen LogP contribution in [0.4, 0.5) is 0 Å². The molecule has 1 aromatic carbocycles. The minimum Gasteiger partial charge on any atom is -0.383 e. The summed E-state index contributed by atoms with van der Waals surface area (Å²) in [5.41, 5.74) is 9.49. The summed E-state index contributed by atoms with van der Waals surface area (Å²) >= 11 is 0. The van der Waals surface area contributed by atoms with Gasteiger partial charge in [0, 0.05) is 30.8 Å². The smallest absolute Gasteiger partial charge is 0.162 e. The third kappa shape index (κ3) is 3.11. The predicted molar refractivity (Wildman–Crippen MR) is 105 cm³/mol. The number of hydrogen-bond donors (Lipinski definition) is 1. The Hall–Kier alpha value is -2.62. The quantitative estimate of drug-likeness (QED) is 0.852. The summed E-state index contributed by atoms with van der Waals surface area (Å²) in [6, 6.07) is 12.1. The Morgan fingerprint density at radius 3 is 2.50 bits per heavy atom. The fraction of sp³-hybridized carbons (Fsp3) is 0.455. The number of nitriles is 1. The van der Waals surface area contributed by atoms with Crippen molar-refractivity contribution in [2.75, 3.05) is 26.3 Å². The Kier molecular flexibility index (Phi) is 4.74. The first-order chi connectivity index (χ1) is 13.4. The van der Waals surface area contributed by atoms with Crippen molar-refractivity contribution in [3.8, 4) is 6.07 Å². The number of nitrogens with two attached hydrogens (primary N) is 1. The van der Waals surface area contributed by atoms with Gasteiger partial charge in [0.15, 0.2) is 5.78 Å². The molecule has 0 saturated carbocycles. The molecule has 1 unspecified atom stereocenters. The Bertz CT molecular complexity index is 889. The lowest BCUT2D eigenvalue weighted by Gasteiger charge is -2.48. The van der Waals surface area contributed by atoms with Crippen LogP contribution in [0.5, 0.6) is 0 Å². The van der Waals surface area contributed by atoms with Crippen molar-refractivity contribution in [3.63, 3.8) is 0 Å². The molecule has 1 atom stereocenters. The molecule has 1 aliphatic carbocycles. The fourth-order valence-corrected chi connectivity index (χ4v) is 4.55. The molecule has 0 aromatic heterocycles. The van der Waals surface area contributed by atoms with Crippen LogP contribution in [-0.4, -0.2) is 42.1 Å². The summed E-state index contributed by atoms with van der Waals surface area (Å²) in [6.45, 7) is 6.80. The average Bonchev–Trinajstić information content (AvgIpc) is 2.67. The molecule has 0 spiro atoms. The van der Waals surface area contributed by atoms with Crippen molar-refractivity contribution in [2.24, 2.45) is 11.1 Å². The first-order valence-electron chi connectivity index (χ1n) is 9.76. The van der Waals surface area contributed by atoms with E-state index >= 15 is 0 Å². The SMILES string of the molecule is CC1(C)CC(=O)C2=C(C1)N(N1CCOCC1)C(N)=C(C#N)C2c1ccccc1. The molecule has 3 aliphatic rings. The highest BCUT2D eigenvalue weighted by Crippen LogP contribution is 2.49. The maximum absolute atomic E-state index is 13.3. The van der Waals surface area contributed by atoms with E-state index in [0.29, 0.717) is 44.1 Å². The number of Topliss-reactive ketones (excluding diaryl/α,β-unsaturated/α-hetero) is 1. The number of hydrazine groups is 1. The molecule has 4 rings (SSSR count). The van der Waals surface area contributed by atoms with Gasteiger partial charge in [-0.2, -0.15) is 5.26 Å². The number of carbonyl (C=O) groups is 1. The first kappa shape index (κ1) is 18.7. The maximum atomic E-state index is 13.3. The third-order valence-electron chi connectivity index (χ3n) is 5.76. The zero-order chi connectivity index (χ0) is 19.9. The molecule has 6 nitrogen and oxygen atoms in total. The number of nitrogens with zero attached hydrogens (tertiary/aromatic N) is 3. The molecular formula is C22H26N4O2. The molecule has 1 aromatic rings. The lowest BCUT2D eigenvalue weighted by Crippen LogP contribution is -2.53. The van der Waals surface area contributed by atoms with Crippen LogP contribution in [0.25, 0.3) is 0 Å². The largest absolute Gasteiger partial charge is 0.383 e. The second-order valence-electron chi connectivity index (χ2n) is 8.43. The summed E-state index contributed by atoms with van der Waals surface area (Å²) in [6.07, 6.45) is 1.22. The zero-order valence-electron chi connectivity index (χ0n) is 16.4. The van der Waals surface area contributed by atoms with Gasteiger partial charge in [0.05, 0.1) is 30.8 Å². The van der Waals surface area contributed by atoms with Crippen molar-refractivity contribution in [3.05, 3.63) is 58.6 Å². The minimum atomic E-state index is -0.401. The molecule has 2 N–H and O–H groups in total. The van der Waals surface area contributed by atoms with Gasteiger partial charge >= 0.3 is 0 Å². The van der Waals surface area contributed by atoms with Gasteiger partial charge in [0.2, 0.25) is 0 Å². The molecule has 2 aliphatic heterocycles. The monoisotopic (exact) mass is 378 g/mol. The van der Waals surface area contributed by atoms with E-state index in [1.807, 2.05) is 35.3 Å². The highest BCUT2D eigenvalue weighted by molar-refractivity contribution is 6.00. The van der Waals surface area contributed by atoms with Gasteiger partial charge in [-0.1, -0.05) is 44.2 Å². The summed E-state index contributed by atoms with van der Waals surface area (Å²) < 4.78 is 5.49. The van der Waals surface area contributed by atoms with E-state index in [1.165, 1.54) is 0 Å². The topological polar surface area (TPSA) is 82.6 Å². The van der Waals surface area contributed by atoms with Gasteiger partial charge in [-0.3, -0.25) is 9.80 Å². The number of allylic oxidation sites excluding steroid dienone is 3. The van der Waals surface area contributed by atoms with Gasteiger partial charge in [0.25, 0.3) is 0 Å². The van der Waals surface area contributed by atoms with Crippen LogP contribution in [0.15, 0.2) is 53.0 Å². The molecule has 1 fully saturated rings. The van der Waals surface area contributed by atoms with Crippen molar-refractivity contribution >= 4 is 5.78 Å². The number of rotatable bonds is 2. The molecule has 146 valence electrons. The van der Waals surface area contributed by atoms with Gasteiger partial charge in [0.1, 0.15) is 5.82 Å². The lowest BCUT2D eigenvalue weighted by molar-refractivity contribution is -0.119. The van der Waals surface area contributed by atoms with Crippen molar-refractivity contribution in [1.29, 1.82) is 5.26 Å². The van der Waals surface area contributed by atoms with Gasteiger partial charge in [-0.05, 0) is 17.4 Å². The summed E-state index contributed by atoms with van der Waals surface area (Å²) in [5.74, 6) is 0.142. The highest BCUT2D eigenvalue weighted by Gasteiger charge is 2.45. The van der Waals surface area contributed by atoms with Crippen molar-refractivity contribution < 1.29 is 9.53 Å². The van der Waals surface area contributed by atoms with E-state index in [0.717, 1.165) is 23.3 Å². The predicted octanol–water partition coefficient (Wildman–Crippen LogP) is 2.67. The van der Waals surface area contributed by atoms with E-state index in [9.17, 15) is 10.1 Å². The van der Waals surface area contributed by atoms with Crippen LogP contribution >= 0.6 is 0 Å². The van der Waals surface area contributed by atoms with Crippen LogP contribution < -0.4 is 5.73 Å². The van der Waals surface area contributed by atoms with Crippen LogP contribution in [0, 0.1) is 16.7 Å². The summed E-state index contributed by atoms with van der Waals surface area (Å²) in [7, 11) is 0. The third-order valence-corrected chi connectivity index (χ3v) is 5.76. The molecule has 1 saturated heterocycles. The van der Waals surface area contributed by atoms with Crippen LogP contribution in [-0.2, 0) is 9.53 Å². The molecule has 0 bridgehead atoms. The lowest BCUT2D eigenvalue weighted by atomic mass is 9.69. The van der Waals surface area contributed by atoms with Gasteiger partial charge < -0.3 is 10.5 Å². The maximum Gasteiger partial charge on any atom is 0.162 e. The van der Waals surface area contributed by atoms with E-state index in [1.54, 1.807) is 0 Å². The van der Waals surface area contributed by atoms with Gasteiger partial charge in [-0.15, -0.1) is 0 Å². The van der Waals surface area contributed by atoms with E-state index in [-0.39, 0.29) is 11.2 Å². The normalized spacial score (nSPS) is 25.5. The van der Waals surface area contributed by atoms with E-state index in [4.69, 9.17) is 10.5 Å². The Morgan fingerprint density at radius 2 is 1.86 bits per heavy atom. The zero-order valence-corrected chi connectivity index (χ0v) is 16.4. The molecule has 2 heterocycles. The fourth-order valence-electron chi connectivity index (χ4n) is 4.55. The van der Waals surface area contributed by atoms with Crippen molar-refractivity contribution in [1.82, 2.24) is 10.0 Å². The molecule has 6 heteroatoms. The molecule has 0 radical (unpaired) electrons. The number of hydrogen-bond acceptors (Lipinski definition) is 6. The summed E-state index contributed by atoms with van der Waals surface area (Å²) in [5, 5.41) is 14.0. The standard InChI is InChI=1S/C22H26N4O2/c1-22(2)12-17-20(18(27)13-22)19(15-6-4-3-5-7-15)16(14-23)21(24)26(17)25-8-10-28-11-9-25/h3-7,19H,8-13,24H2,1-2H3. The van der Waals surface area contributed by atoms with Gasteiger partial charge in [-0.25, -0.2) is 5.01 Å². The highest BCUT2D eigenvalue weighted by atomic mass is 16.5. The van der Waals surface area contributed by atoms with E-state index in [2.05, 4.69) is 24.9 Å². The van der Waals surface area contributed by atoms with Crippen LogP contribution in [0.3, 0.4) is 0 Å². The molecule has 28 heavy (non-hydrogen) atoms. The number of ketones is 1. The number of morpholine rings is 1. The van der Waals surface area contributed by atoms with Crippen LogP contribution in [0.2, 0.25) is 0 Å². The number of benzene rings is 1. The Labute approximate surface area is 165 Å². The minimum absolute atomic E-state index is 0.110. The second-order valence-corrected chi connectivity index (χ2v) is 8.43. The van der Waals surface area contributed by atoms with Crippen molar-refractivity contribution in [2.45, 2.75) is 32.6 Å². The van der Waals surface area contributed by atoms with Crippen LogP contribution in [0.1, 0.15) is 38.2 Å². The number of ether oxygens (including phenoxy) is 1. The molecule has 0 amide bonds. The molecular weight excluding hydrogens is 352 g/mol. The Balaban J connectivity index is 1.91. The summed E-state index contributed by atoms with van der Waals surface area (Å²) in [4.78, 5) is 13.3. The van der Waals surface area contributed by atoms with E-state index < -0.39 is 5.92 Å². The first-order valence-corrected chi connectivity index (χ1v) is 9.76. The number of carbonyl (C=O) groups excluding carboxylic acids is 1. The second kappa shape index (κ2) is 7.08. The Morgan fingerprint density at radius 1 is 1.18 bits per heavy atom.